The highest BCUT2D eigenvalue weighted by atomic mass is 16.1. The minimum atomic E-state index is -0.506. The average molecular weight is 253 g/mol. The van der Waals surface area contributed by atoms with E-state index in [-0.39, 0.29) is 0 Å². The molecule has 1 atom stereocenters. The van der Waals surface area contributed by atoms with E-state index in [2.05, 4.69) is 17.2 Å². The number of hydrogen-bond acceptors (Lipinski definition) is 5. The Labute approximate surface area is 108 Å². The van der Waals surface area contributed by atoms with Crippen molar-refractivity contribution in [3.8, 4) is 6.57 Å². The normalized spacial score (nSPS) is 18.3. The number of rotatable bonds is 5. The molecule has 0 aromatic rings. The molecule has 0 heterocycles. The van der Waals surface area contributed by atoms with E-state index in [1.807, 2.05) is 0 Å². The lowest BCUT2D eigenvalue weighted by molar-refractivity contribution is -0.114. The molecule has 1 saturated carbocycles. The maximum absolute atomic E-state index is 11.2. The zero-order chi connectivity index (χ0) is 14.0. The first kappa shape index (κ1) is 16.4. The van der Waals surface area contributed by atoms with Gasteiger partial charge in [0.15, 0.2) is 0 Å². The maximum Gasteiger partial charge on any atom is 0.249 e. The van der Waals surface area contributed by atoms with Crippen molar-refractivity contribution in [1.29, 1.82) is 5.26 Å². The van der Waals surface area contributed by atoms with Gasteiger partial charge in [-0.15, -0.1) is 0 Å². The van der Waals surface area contributed by atoms with Gasteiger partial charge < -0.3 is 22.1 Å². The highest BCUT2D eigenvalue weighted by Gasteiger charge is 2.15. The van der Waals surface area contributed by atoms with E-state index in [9.17, 15) is 4.79 Å². The van der Waals surface area contributed by atoms with Gasteiger partial charge in [-0.3, -0.25) is 4.79 Å². The number of amides is 1. The minimum Gasteiger partial charge on any atom is -0.388 e. The van der Waals surface area contributed by atoms with Gasteiger partial charge in [0.1, 0.15) is 0 Å². The Balaban J connectivity index is 0.00000137. The van der Waals surface area contributed by atoms with Crippen molar-refractivity contribution in [3.63, 3.8) is 0 Å². The van der Waals surface area contributed by atoms with E-state index in [0.717, 1.165) is 12.8 Å². The number of nitrogens with one attached hydrogen (secondary N) is 2. The molecule has 102 valence electrons. The second-order valence-corrected chi connectivity index (χ2v) is 4.23. The van der Waals surface area contributed by atoms with Crippen LogP contribution in [0.2, 0.25) is 0 Å². The number of carbonyl (C=O) groups excluding carboxylic acids is 1. The summed E-state index contributed by atoms with van der Waals surface area (Å²) >= 11 is 0. The quantitative estimate of drug-likeness (QED) is 0.404. The minimum absolute atomic E-state index is 0.396. The number of likely N-dealkylation sites (N-methyl/N-ethyl adjacent to an activating group) is 1. The van der Waals surface area contributed by atoms with Crippen LogP contribution in [0.1, 0.15) is 32.1 Å². The maximum atomic E-state index is 11.2. The number of primary amides is 1. The van der Waals surface area contributed by atoms with E-state index < -0.39 is 12.1 Å². The van der Waals surface area contributed by atoms with Crippen LogP contribution in [0.15, 0.2) is 11.8 Å². The Hall–Kier alpha value is -1.58. The van der Waals surface area contributed by atoms with Gasteiger partial charge in [0.05, 0.1) is 11.7 Å². The molecular formula is C12H23N5O. The summed E-state index contributed by atoms with van der Waals surface area (Å²) in [6, 6.07) is 0.451. The molecule has 0 spiro atoms. The van der Waals surface area contributed by atoms with E-state index in [4.69, 9.17) is 16.7 Å². The van der Waals surface area contributed by atoms with Crippen molar-refractivity contribution in [2.24, 2.45) is 11.5 Å². The van der Waals surface area contributed by atoms with Gasteiger partial charge in [0, 0.05) is 18.8 Å². The van der Waals surface area contributed by atoms with Crippen LogP contribution < -0.4 is 22.1 Å². The van der Waals surface area contributed by atoms with Crippen LogP contribution in [0.5, 0.6) is 0 Å². The van der Waals surface area contributed by atoms with Gasteiger partial charge in [0.2, 0.25) is 5.91 Å². The van der Waals surface area contributed by atoms with Crippen LogP contribution in [0.25, 0.3) is 0 Å². The lowest BCUT2D eigenvalue weighted by Gasteiger charge is -2.23. The third kappa shape index (κ3) is 5.66. The van der Waals surface area contributed by atoms with Crippen molar-refractivity contribution in [2.75, 3.05) is 7.05 Å². The Morgan fingerprint density at radius 3 is 2.39 bits per heavy atom. The van der Waals surface area contributed by atoms with Crippen molar-refractivity contribution >= 4 is 5.91 Å². The lowest BCUT2D eigenvalue weighted by atomic mass is 9.95. The fraction of sp³-hybridized carbons (Fsp3) is 0.667. The summed E-state index contributed by atoms with van der Waals surface area (Å²) < 4.78 is 0. The predicted octanol–water partition coefficient (Wildman–Crippen LogP) is -0.0781. The number of hydrogen-bond donors (Lipinski definition) is 4. The summed E-state index contributed by atoms with van der Waals surface area (Å²) in [5.41, 5.74) is 11.4. The molecule has 1 fully saturated rings. The molecule has 1 amide bonds. The predicted molar refractivity (Wildman–Crippen MR) is 71.0 cm³/mol. The molecule has 6 N–H and O–H groups in total. The Kier molecular flexibility index (Phi) is 8.62. The summed E-state index contributed by atoms with van der Waals surface area (Å²) in [7, 11) is 1.70. The SMILES string of the molecule is C#N.CNC(N)/C(=C\NC1CCCCC1)C(N)=O. The molecule has 0 saturated heterocycles. The van der Waals surface area contributed by atoms with Crippen molar-refractivity contribution in [3.05, 3.63) is 11.8 Å². The molecule has 0 aliphatic heterocycles. The van der Waals surface area contributed by atoms with Gasteiger partial charge in [-0.1, -0.05) is 19.3 Å². The Bertz CT molecular complexity index is 294. The largest absolute Gasteiger partial charge is 0.388 e. The molecule has 6 heteroatoms. The fourth-order valence-corrected chi connectivity index (χ4v) is 1.95. The van der Waals surface area contributed by atoms with Crippen molar-refractivity contribution in [1.82, 2.24) is 10.6 Å². The van der Waals surface area contributed by atoms with Gasteiger partial charge in [-0.05, 0) is 19.9 Å². The summed E-state index contributed by atoms with van der Waals surface area (Å²) in [6.45, 7) is 3.50. The molecule has 0 radical (unpaired) electrons. The average Bonchev–Trinajstić information content (AvgIpc) is 2.41. The molecule has 0 aromatic carbocycles. The Morgan fingerprint density at radius 2 is 1.94 bits per heavy atom. The number of carbonyl (C=O) groups is 1. The van der Waals surface area contributed by atoms with Crippen LogP contribution in [-0.2, 0) is 4.79 Å². The first-order valence-electron chi connectivity index (χ1n) is 6.09. The van der Waals surface area contributed by atoms with E-state index in [1.54, 1.807) is 13.2 Å². The second kappa shape index (κ2) is 9.45. The first-order chi connectivity index (χ1) is 8.65. The van der Waals surface area contributed by atoms with E-state index in [0.29, 0.717) is 11.6 Å². The zero-order valence-electron chi connectivity index (χ0n) is 10.9. The van der Waals surface area contributed by atoms with Gasteiger partial charge in [-0.2, -0.15) is 0 Å². The molecule has 1 unspecified atom stereocenters. The molecular weight excluding hydrogens is 230 g/mol. The molecule has 1 aliphatic carbocycles. The fourth-order valence-electron chi connectivity index (χ4n) is 1.95. The molecule has 18 heavy (non-hydrogen) atoms. The molecule has 0 bridgehead atoms. The van der Waals surface area contributed by atoms with E-state index in [1.165, 1.54) is 19.3 Å². The van der Waals surface area contributed by atoms with Gasteiger partial charge in [-0.25, -0.2) is 5.26 Å². The van der Waals surface area contributed by atoms with E-state index >= 15 is 0 Å². The van der Waals surface area contributed by atoms with Crippen molar-refractivity contribution in [2.45, 2.75) is 44.3 Å². The van der Waals surface area contributed by atoms with Gasteiger partial charge in [0.25, 0.3) is 0 Å². The number of nitrogens with two attached hydrogens (primary N) is 2. The van der Waals surface area contributed by atoms with Crippen LogP contribution >= 0.6 is 0 Å². The number of nitriles is 1. The monoisotopic (exact) mass is 253 g/mol. The molecule has 1 rings (SSSR count). The van der Waals surface area contributed by atoms with Crippen LogP contribution in [0, 0.1) is 11.8 Å². The zero-order valence-corrected chi connectivity index (χ0v) is 10.9. The van der Waals surface area contributed by atoms with Crippen LogP contribution in [0.3, 0.4) is 0 Å². The van der Waals surface area contributed by atoms with Crippen LogP contribution in [0.4, 0.5) is 0 Å². The highest BCUT2D eigenvalue weighted by molar-refractivity contribution is 5.92. The summed E-state index contributed by atoms with van der Waals surface area (Å²) in [6.07, 6.45) is 7.26. The molecule has 6 nitrogen and oxygen atoms in total. The summed E-state index contributed by atoms with van der Waals surface area (Å²) in [5, 5.41) is 12.5. The molecule has 0 aromatic heterocycles. The Morgan fingerprint density at radius 1 is 1.39 bits per heavy atom. The lowest BCUT2D eigenvalue weighted by Crippen LogP contribution is -2.42. The first-order valence-corrected chi connectivity index (χ1v) is 6.09. The number of nitrogens with zero attached hydrogens (tertiary/aromatic N) is 1. The standard InChI is InChI=1S/C11H22N4O.CHN/c1-14-10(12)9(11(13)16)7-15-8-5-3-2-4-6-8;1-2/h7-8,10,14-15H,2-6,12H2,1H3,(H2,13,16);1H/b9-7+;. The van der Waals surface area contributed by atoms with Crippen LogP contribution in [-0.4, -0.2) is 25.2 Å². The second-order valence-electron chi connectivity index (χ2n) is 4.23. The summed E-state index contributed by atoms with van der Waals surface area (Å²) in [5.74, 6) is -0.481. The third-order valence-electron chi connectivity index (χ3n) is 3.01. The summed E-state index contributed by atoms with van der Waals surface area (Å²) in [4.78, 5) is 11.2. The van der Waals surface area contributed by atoms with Gasteiger partial charge >= 0.3 is 0 Å². The topological polar surface area (TPSA) is 117 Å². The highest BCUT2D eigenvalue weighted by Crippen LogP contribution is 2.17. The van der Waals surface area contributed by atoms with Crippen molar-refractivity contribution < 1.29 is 4.79 Å². The smallest absolute Gasteiger partial charge is 0.249 e. The third-order valence-corrected chi connectivity index (χ3v) is 3.01. The molecule has 1 aliphatic rings.